The number of rotatable bonds is 1. The van der Waals surface area contributed by atoms with E-state index in [2.05, 4.69) is 9.97 Å². The Balaban J connectivity index is 2.07. The normalized spacial score (nSPS) is 20.6. The molecule has 1 fully saturated rings. The summed E-state index contributed by atoms with van der Waals surface area (Å²) in [4.78, 5) is 20.4. The second kappa shape index (κ2) is 3.84. The number of carboxylic acid groups (broad SMARTS) is 1. The molecule has 0 bridgehead atoms. The summed E-state index contributed by atoms with van der Waals surface area (Å²) in [6, 6.07) is 0. The number of hydrogen-bond acceptors (Lipinski definition) is 3. The molecule has 1 saturated heterocycles. The lowest BCUT2D eigenvalue weighted by molar-refractivity contribution is 0.155. The number of nitrogens with zero attached hydrogens (tertiary/aromatic N) is 3. The highest BCUT2D eigenvalue weighted by atomic mass is 16.4. The van der Waals surface area contributed by atoms with Crippen LogP contribution in [0.4, 0.5) is 4.79 Å². The number of aryl methyl sites for hydroxylation is 1. The monoisotopic (exact) mass is 207 g/mol. The molecule has 1 aromatic heterocycles. The molecular formula is C10H13N3O2. The van der Waals surface area contributed by atoms with Crippen molar-refractivity contribution in [3.63, 3.8) is 0 Å². The minimum atomic E-state index is -0.842. The number of hydrogen-bond donors (Lipinski definition) is 1. The number of amides is 1. The van der Waals surface area contributed by atoms with E-state index in [1.807, 2.05) is 6.92 Å². The van der Waals surface area contributed by atoms with Crippen LogP contribution in [0.15, 0.2) is 12.4 Å². The first-order valence-corrected chi connectivity index (χ1v) is 4.93. The molecule has 1 N–H and O–H groups in total. The summed E-state index contributed by atoms with van der Waals surface area (Å²) >= 11 is 0. The zero-order chi connectivity index (χ0) is 10.8. The molecule has 15 heavy (non-hydrogen) atoms. The van der Waals surface area contributed by atoms with Crippen LogP contribution >= 0.6 is 0 Å². The van der Waals surface area contributed by atoms with Gasteiger partial charge in [-0.1, -0.05) is 0 Å². The lowest BCUT2D eigenvalue weighted by atomic mass is 10.0. The Labute approximate surface area is 87.8 Å². The van der Waals surface area contributed by atoms with Crippen molar-refractivity contribution in [2.24, 2.45) is 0 Å². The first kappa shape index (κ1) is 9.89. The molecule has 0 radical (unpaired) electrons. The van der Waals surface area contributed by atoms with Crippen LogP contribution in [0.5, 0.6) is 0 Å². The number of likely N-dealkylation sites (tertiary alicyclic amines) is 1. The molecule has 0 aliphatic carbocycles. The van der Waals surface area contributed by atoms with E-state index < -0.39 is 6.09 Å². The second-order valence-electron chi connectivity index (χ2n) is 3.78. The van der Waals surface area contributed by atoms with Crippen LogP contribution in [0, 0.1) is 6.92 Å². The molecule has 1 amide bonds. The van der Waals surface area contributed by atoms with Crippen molar-refractivity contribution in [1.29, 1.82) is 0 Å². The minimum Gasteiger partial charge on any atom is -0.465 e. The van der Waals surface area contributed by atoms with Crippen molar-refractivity contribution in [3.8, 4) is 0 Å². The van der Waals surface area contributed by atoms with Gasteiger partial charge in [-0.2, -0.15) is 0 Å². The first-order valence-electron chi connectivity index (χ1n) is 4.93. The molecule has 5 nitrogen and oxygen atoms in total. The standard InChI is InChI=1S/C10H13N3O2/c1-7-11-4-9(5-12-7)8-2-3-13(6-8)10(14)15/h4-5,8H,2-3,6H2,1H3,(H,14,15). The van der Waals surface area contributed by atoms with Gasteiger partial charge in [-0.15, -0.1) is 0 Å². The third-order valence-corrected chi connectivity index (χ3v) is 2.73. The maximum atomic E-state index is 10.7. The fourth-order valence-corrected chi connectivity index (χ4v) is 1.82. The highest BCUT2D eigenvalue weighted by molar-refractivity contribution is 5.65. The van der Waals surface area contributed by atoms with Crippen molar-refractivity contribution in [2.75, 3.05) is 13.1 Å². The van der Waals surface area contributed by atoms with E-state index in [4.69, 9.17) is 5.11 Å². The highest BCUT2D eigenvalue weighted by Gasteiger charge is 2.27. The van der Waals surface area contributed by atoms with Crippen LogP contribution in [0.1, 0.15) is 23.7 Å². The predicted molar refractivity (Wildman–Crippen MR) is 53.7 cm³/mol. The quantitative estimate of drug-likeness (QED) is 0.752. The van der Waals surface area contributed by atoms with E-state index in [1.165, 1.54) is 4.90 Å². The zero-order valence-electron chi connectivity index (χ0n) is 8.55. The summed E-state index contributed by atoms with van der Waals surface area (Å²) in [5.74, 6) is 0.994. The van der Waals surface area contributed by atoms with Crippen LogP contribution < -0.4 is 0 Å². The average Bonchev–Trinajstić information content (AvgIpc) is 2.68. The molecule has 5 heteroatoms. The van der Waals surface area contributed by atoms with Gasteiger partial charge in [0.25, 0.3) is 0 Å². The van der Waals surface area contributed by atoms with Gasteiger partial charge in [0.2, 0.25) is 0 Å². The van der Waals surface area contributed by atoms with Crippen molar-refractivity contribution in [1.82, 2.24) is 14.9 Å². The molecule has 2 heterocycles. The Morgan fingerprint density at radius 2 is 2.20 bits per heavy atom. The van der Waals surface area contributed by atoms with E-state index in [0.717, 1.165) is 17.8 Å². The van der Waals surface area contributed by atoms with E-state index >= 15 is 0 Å². The Kier molecular flexibility index (Phi) is 2.53. The highest BCUT2D eigenvalue weighted by Crippen LogP contribution is 2.25. The SMILES string of the molecule is Cc1ncc(C2CCN(C(=O)O)C2)cn1. The largest absolute Gasteiger partial charge is 0.465 e. The third kappa shape index (κ3) is 2.06. The van der Waals surface area contributed by atoms with E-state index in [-0.39, 0.29) is 5.92 Å². The first-order chi connectivity index (χ1) is 7.16. The molecule has 1 atom stereocenters. The Morgan fingerprint density at radius 3 is 2.73 bits per heavy atom. The predicted octanol–water partition coefficient (Wildman–Crippen LogP) is 1.25. The molecule has 0 spiro atoms. The van der Waals surface area contributed by atoms with Gasteiger partial charge in [0.05, 0.1) is 0 Å². The van der Waals surface area contributed by atoms with Crippen molar-refractivity contribution < 1.29 is 9.90 Å². The fraction of sp³-hybridized carbons (Fsp3) is 0.500. The molecule has 0 aromatic carbocycles. The molecule has 0 saturated carbocycles. The van der Waals surface area contributed by atoms with Crippen LogP contribution in [0.25, 0.3) is 0 Å². The summed E-state index contributed by atoms with van der Waals surface area (Å²) in [6.07, 6.45) is 3.60. The fourth-order valence-electron chi connectivity index (χ4n) is 1.82. The second-order valence-corrected chi connectivity index (χ2v) is 3.78. The summed E-state index contributed by atoms with van der Waals surface area (Å²) in [5.41, 5.74) is 1.03. The Hall–Kier alpha value is -1.65. The van der Waals surface area contributed by atoms with Crippen molar-refractivity contribution in [2.45, 2.75) is 19.3 Å². The number of aromatic nitrogens is 2. The van der Waals surface area contributed by atoms with Crippen molar-refractivity contribution >= 4 is 6.09 Å². The maximum absolute atomic E-state index is 10.7. The number of carbonyl (C=O) groups is 1. The molecule has 80 valence electrons. The lowest BCUT2D eigenvalue weighted by Gasteiger charge is -2.11. The molecule has 1 aliphatic heterocycles. The van der Waals surface area contributed by atoms with Gasteiger partial charge >= 0.3 is 6.09 Å². The zero-order valence-corrected chi connectivity index (χ0v) is 8.55. The summed E-state index contributed by atoms with van der Waals surface area (Å²) in [6.45, 7) is 3.00. The topological polar surface area (TPSA) is 66.3 Å². The van der Waals surface area contributed by atoms with Crippen LogP contribution in [-0.4, -0.2) is 39.2 Å². The van der Waals surface area contributed by atoms with E-state index in [1.54, 1.807) is 12.4 Å². The van der Waals surface area contributed by atoms with E-state index in [0.29, 0.717) is 13.1 Å². The summed E-state index contributed by atoms with van der Waals surface area (Å²) in [7, 11) is 0. The summed E-state index contributed by atoms with van der Waals surface area (Å²) in [5, 5.41) is 8.82. The van der Waals surface area contributed by atoms with Gasteiger partial charge in [-0.3, -0.25) is 0 Å². The smallest absolute Gasteiger partial charge is 0.407 e. The molecule has 1 aromatic rings. The third-order valence-electron chi connectivity index (χ3n) is 2.73. The van der Waals surface area contributed by atoms with Gasteiger partial charge in [-0.25, -0.2) is 14.8 Å². The molecule has 1 unspecified atom stereocenters. The lowest BCUT2D eigenvalue weighted by Crippen LogP contribution is -2.26. The van der Waals surface area contributed by atoms with Crippen LogP contribution in [-0.2, 0) is 0 Å². The maximum Gasteiger partial charge on any atom is 0.407 e. The Bertz CT molecular complexity index is 363. The van der Waals surface area contributed by atoms with Gasteiger partial charge in [0.1, 0.15) is 5.82 Å². The van der Waals surface area contributed by atoms with Gasteiger partial charge in [0, 0.05) is 31.4 Å². The molecule has 2 rings (SSSR count). The van der Waals surface area contributed by atoms with Crippen LogP contribution in [0.2, 0.25) is 0 Å². The van der Waals surface area contributed by atoms with Gasteiger partial charge in [0.15, 0.2) is 0 Å². The molecular weight excluding hydrogens is 194 g/mol. The Morgan fingerprint density at radius 1 is 1.53 bits per heavy atom. The van der Waals surface area contributed by atoms with E-state index in [9.17, 15) is 4.79 Å². The van der Waals surface area contributed by atoms with Gasteiger partial charge < -0.3 is 10.0 Å². The average molecular weight is 207 g/mol. The van der Waals surface area contributed by atoms with Crippen LogP contribution in [0.3, 0.4) is 0 Å². The minimum absolute atomic E-state index is 0.252. The van der Waals surface area contributed by atoms with Gasteiger partial charge in [-0.05, 0) is 18.9 Å². The molecule has 1 aliphatic rings. The van der Waals surface area contributed by atoms with Crippen molar-refractivity contribution in [3.05, 3.63) is 23.8 Å². The summed E-state index contributed by atoms with van der Waals surface area (Å²) < 4.78 is 0.